The van der Waals surface area contributed by atoms with Gasteiger partial charge in [0.05, 0.1) is 5.69 Å². The number of fused-ring (bicyclic) bond motifs is 1. The lowest BCUT2D eigenvalue weighted by molar-refractivity contribution is -0.133. The maximum absolute atomic E-state index is 13.8. The van der Waals surface area contributed by atoms with E-state index in [1.807, 2.05) is 36.4 Å². The fraction of sp³-hybridized carbons (Fsp3) is 0.321. The van der Waals surface area contributed by atoms with Crippen LogP contribution in [0.4, 0.5) is 5.69 Å². The second kappa shape index (κ2) is 9.17. The smallest absolute Gasteiger partial charge is 0.246 e. The first-order valence-electron chi connectivity index (χ1n) is 11.6. The first kappa shape index (κ1) is 20.8. The molecule has 3 aromatic carbocycles. The number of hydrogen-bond acceptors (Lipinski definition) is 3. The Balaban J connectivity index is 1.57. The molecule has 3 aromatic rings. The number of carbonyl (C=O) groups excluding carboxylic acids is 1. The Morgan fingerprint density at radius 1 is 0.781 bits per heavy atom. The number of amides is 1. The Hall–Kier alpha value is -3.11. The lowest BCUT2D eigenvalue weighted by Gasteiger charge is -2.45. The molecule has 1 unspecified atom stereocenters. The first-order valence-corrected chi connectivity index (χ1v) is 11.6. The van der Waals surface area contributed by atoms with Crippen molar-refractivity contribution in [1.29, 1.82) is 0 Å². The van der Waals surface area contributed by atoms with Crippen LogP contribution in [-0.4, -0.2) is 22.4 Å². The van der Waals surface area contributed by atoms with Gasteiger partial charge in [-0.15, -0.1) is 0 Å². The van der Waals surface area contributed by atoms with E-state index in [1.165, 1.54) is 17.5 Å². The molecule has 4 nitrogen and oxygen atoms in total. The maximum atomic E-state index is 13.8. The third-order valence-electron chi connectivity index (χ3n) is 6.73. The zero-order chi connectivity index (χ0) is 21.8. The predicted molar refractivity (Wildman–Crippen MR) is 127 cm³/mol. The molecule has 1 saturated carbocycles. The Labute approximate surface area is 190 Å². The fourth-order valence-electron chi connectivity index (χ4n) is 5.27. The van der Waals surface area contributed by atoms with Crippen LogP contribution in [0.25, 0.3) is 0 Å². The number of ether oxygens (including phenoxy) is 1. The third-order valence-corrected chi connectivity index (χ3v) is 6.73. The summed E-state index contributed by atoms with van der Waals surface area (Å²) in [4.78, 5) is 16.2. The van der Waals surface area contributed by atoms with Gasteiger partial charge in [-0.3, -0.25) is 9.69 Å². The molecule has 0 saturated heterocycles. The van der Waals surface area contributed by atoms with Gasteiger partial charge < -0.3 is 10.1 Å². The molecule has 1 N–H and O–H groups in total. The van der Waals surface area contributed by atoms with Crippen molar-refractivity contribution in [3.05, 3.63) is 96.1 Å². The van der Waals surface area contributed by atoms with Gasteiger partial charge in [-0.1, -0.05) is 79.2 Å². The summed E-state index contributed by atoms with van der Waals surface area (Å²) in [6.07, 6.45) is 5.13. The van der Waals surface area contributed by atoms with Crippen molar-refractivity contribution in [3.8, 4) is 5.75 Å². The third kappa shape index (κ3) is 4.28. The average molecular weight is 427 g/mol. The minimum atomic E-state index is -0.529. The van der Waals surface area contributed by atoms with Crippen LogP contribution in [0.1, 0.15) is 43.2 Å². The molecular formula is C28H30N2O2. The summed E-state index contributed by atoms with van der Waals surface area (Å²) >= 11 is 0. The van der Waals surface area contributed by atoms with E-state index in [-0.39, 0.29) is 11.9 Å². The van der Waals surface area contributed by atoms with E-state index in [2.05, 4.69) is 58.7 Å². The van der Waals surface area contributed by atoms with Gasteiger partial charge in [0.2, 0.25) is 5.91 Å². The Morgan fingerprint density at radius 3 is 1.97 bits per heavy atom. The van der Waals surface area contributed by atoms with Gasteiger partial charge >= 0.3 is 0 Å². The van der Waals surface area contributed by atoms with Crippen molar-refractivity contribution < 1.29 is 9.53 Å². The molecule has 32 heavy (non-hydrogen) atoms. The number of hydrogen-bond donors (Lipinski definition) is 1. The molecule has 5 rings (SSSR count). The summed E-state index contributed by atoms with van der Waals surface area (Å²) < 4.78 is 6.80. The molecule has 1 aliphatic carbocycles. The molecule has 0 aromatic heterocycles. The van der Waals surface area contributed by atoms with Crippen LogP contribution in [0.3, 0.4) is 0 Å². The average Bonchev–Trinajstić information content (AvgIpc) is 2.93. The number of benzene rings is 3. The SMILES string of the molecule is O=C1Nc2ccccc2OC2(CCCCC2)C1N(Cc1ccccc1)Cc1ccccc1. The van der Waals surface area contributed by atoms with Crippen molar-refractivity contribution in [2.24, 2.45) is 0 Å². The number of carbonyl (C=O) groups is 1. The molecule has 1 spiro atoms. The number of rotatable bonds is 5. The highest BCUT2D eigenvalue weighted by atomic mass is 16.5. The molecule has 164 valence electrons. The molecule has 1 heterocycles. The van der Waals surface area contributed by atoms with E-state index in [9.17, 15) is 4.79 Å². The number of para-hydroxylation sites is 2. The Kier molecular flexibility index (Phi) is 5.95. The van der Waals surface area contributed by atoms with Crippen molar-refractivity contribution in [3.63, 3.8) is 0 Å². The topological polar surface area (TPSA) is 41.6 Å². The zero-order valence-electron chi connectivity index (χ0n) is 18.4. The van der Waals surface area contributed by atoms with Gasteiger partial charge in [-0.25, -0.2) is 0 Å². The summed E-state index contributed by atoms with van der Waals surface area (Å²) in [5.41, 5.74) is 2.63. The molecule has 1 atom stereocenters. The number of nitrogens with zero attached hydrogens (tertiary/aromatic N) is 1. The van der Waals surface area contributed by atoms with E-state index in [1.54, 1.807) is 0 Å². The van der Waals surface area contributed by atoms with Gasteiger partial charge in [0.1, 0.15) is 17.4 Å². The van der Waals surface area contributed by atoms with E-state index >= 15 is 0 Å². The minimum absolute atomic E-state index is 0.0312. The van der Waals surface area contributed by atoms with Crippen molar-refractivity contribution in [2.75, 3.05) is 5.32 Å². The Morgan fingerprint density at radius 2 is 1.34 bits per heavy atom. The maximum Gasteiger partial charge on any atom is 0.246 e. The van der Waals surface area contributed by atoms with Crippen molar-refractivity contribution in [2.45, 2.75) is 56.8 Å². The first-order chi connectivity index (χ1) is 15.7. The number of anilines is 1. The van der Waals surface area contributed by atoms with E-state index in [0.29, 0.717) is 13.1 Å². The van der Waals surface area contributed by atoms with E-state index in [4.69, 9.17) is 4.74 Å². The quantitative estimate of drug-likeness (QED) is 0.561. The second-order valence-electron chi connectivity index (χ2n) is 8.99. The summed E-state index contributed by atoms with van der Waals surface area (Å²) in [7, 11) is 0. The Bertz CT molecular complexity index is 1000. The largest absolute Gasteiger partial charge is 0.483 e. The molecule has 0 radical (unpaired) electrons. The highest BCUT2D eigenvalue weighted by Crippen LogP contribution is 2.43. The van der Waals surface area contributed by atoms with Gasteiger partial charge in [0.15, 0.2) is 0 Å². The van der Waals surface area contributed by atoms with Gasteiger partial charge in [-0.2, -0.15) is 0 Å². The van der Waals surface area contributed by atoms with Gasteiger partial charge in [0, 0.05) is 13.1 Å². The summed E-state index contributed by atoms with van der Waals surface area (Å²) in [6, 6.07) is 28.3. The minimum Gasteiger partial charge on any atom is -0.483 e. The summed E-state index contributed by atoms with van der Waals surface area (Å²) in [5, 5.41) is 3.19. The second-order valence-corrected chi connectivity index (χ2v) is 8.99. The van der Waals surface area contributed by atoms with Crippen LogP contribution in [0, 0.1) is 0 Å². The van der Waals surface area contributed by atoms with Crippen LogP contribution in [0.5, 0.6) is 5.75 Å². The molecular weight excluding hydrogens is 396 g/mol. The standard InChI is InChI=1S/C28H30N2O2/c31-27-26(28(18-10-3-11-19-28)32-25-17-9-8-16-24(25)29-27)30(20-22-12-4-1-5-13-22)21-23-14-6-2-7-15-23/h1-2,4-9,12-17,26H,3,10-11,18-21H2,(H,29,31). The van der Waals surface area contributed by atoms with Crippen molar-refractivity contribution in [1.82, 2.24) is 4.90 Å². The monoisotopic (exact) mass is 426 g/mol. The lowest BCUT2D eigenvalue weighted by Crippen LogP contribution is -2.60. The van der Waals surface area contributed by atoms with Gasteiger partial charge in [-0.05, 0) is 48.9 Å². The number of nitrogens with one attached hydrogen (secondary N) is 1. The van der Waals surface area contributed by atoms with Crippen LogP contribution in [0.15, 0.2) is 84.9 Å². The highest BCUT2D eigenvalue weighted by molar-refractivity contribution is 5.98. The zero-order valence-corrected chi connectivity index (χ0v) is 18.4. The van der Waals surface area contributed by atoms with Crippen LogP contribution in [-0.2, 0) is 17.9 Å². The van der Waals surface area contributed by atoms with E-state index in [0.717, 1.165) is 37.1 Å². The predicted octanol–water partition coefficient (Wildman–Crippen LogP) is 5.79. The molecule has 2 aliphatic rings. The lowest BCUT2D eigenvalue weighted by atomic mass is 9.77. The summed E-state index contributed by atoms with van der Waals surface area (Å²) in [6.45, 7) is 1.38. The van der Waals surface area contributed by atoms with Gasteiger partial charge in [0.25, 0.3) is 0 Å². The van der Waals surface area contributed by atoms with Crippen LogP contribution in [0.2, 0.25) is 0 Å². The van der Waals surface area contributed by atoms with Crippen molar-refractivity contribution >= 4 is 11.6 Å². The molecule has 0 bridgehead atoms. The highest BCUT2D eigenvalue weighted by Gasteiger charge is 2.50. The molecule has 4 heteroatoms. The fourth-order valence-corrected chi connectivity index (χ4v) is 5.27. The van der Waals surface area contributed by atoms with E-state index < -0.39 is 5.60 Å². The molecule has 1 amide bonds. The van der Waals surface area contributed by atoms with Crippen LogP contribution >= 0.6 is 0 Å². The molecule has 1 fully saturated rings. The van der Waals surface area contributed by atoms with Crippen LogP contribution < -0.4 is 10.1 Å². The normalized spacial score (nSPS) is 19.7. The summed E-state index contributed by atoms with van der Waals surface area (Å²) in [5.74, 6) is 0.813. The molecule has 1 aliphatic heterocycles.